The number of nitrogens with zero attached hydrogens (tertiary/aromatic N) is 2. The number of nitrogens with two attached hydrogens (primary N) is 1. The second-order valence-corrected chi connectivity index (χ2v) is 4.52. The van der Waals surface area contributed by atoms with Gasteiger partial charge in [-0.15, -0.1) is 0 Å². The molecule has 0 spiro atoms. The van der Waals surface area contributed by atoms with E-state index in [1.54, 1.807) is 19.3 Å². The maximum Gasteiger partial charge on any atom is 0.325 e. The van der Waals surface area contributed by atoms with Gasteiger partial charge in [-0.3, -0.25) is 4.79 Å². The van der Waals surface area contributed by atoms with Gasteiger partial charge in [0.15, 0.2) is 0 Å². The molecule has 18 heavy (non-hydrogen) atoms. The van der Waals surface area contributed by atoms with Gasteiger partial charge in [-0.1, -0.05) is 13.8 Å². The lowest BCUT2D eigenvalue weighted by Crippen LogP contribution is -2.23. The van der Waals surface area contributed by atoms with Crippen LogP contribution >= 0.6 is 0 Å². The minimum Gasteiger partial charge on any atom is -0.465 e. The number of ether oxygens (including phenoxy) is 1. The molecule has 0 aliphatic heterocycles. The van der Waals surface area contributed by atoms with Crippen molar-refractivity contribution in [2.45, 2.75) is 52.1 Å². The first-order valence-corrected chi connectivity index (χ1v) is 6.50. The van der Waals surface area contributed by atoms with Crippen molar-refractivity contribution < 1.29 is 9.53 Å². The van der Waals surface area contributed by atoms with E-state index in [9.17, 15) is 4.79 Å². The molecule has 5 nitrogen and oxygen atoms in total. The molecule has 5 heteroatoms. The van der Waals surface area contributed by atoms with Gasteiger partial charge in [0.05, 0.1) is 6.61 Å². The average Bonchev–Trinajstić information content (AvgIpc) is 2.77. The Morgan fingerprint density at radius 2 is 2.28 bits per heavy atom. The van der Waals surface area contributed by atoms with Crippen LogP contribution in [0.4, 0.5) is 0 Å². The third-order valence-electron chi connectivity index (χ3n) is 2.97. The van der Waals surface area contributed by atoms with Crippen molar-refractivity contribution in [1.29, 1.82) is 0 Å². The largest absolute Gasteiger partial charge is 0.465 e. The Balaban J connectivity index is 2.66. The normalized spacial score (nSPS) is 14.2. The molecule has 1 aromatic rings. The minimum atomic E-state index is -0.233. The molecule has 0 fully saturated rings. The Morgan fingerprint density at radius 1 is 1.56 bits per heavy atom. The molecule has 0 radical (unpaired) electrons. The van der Waals surface area contributed by atoms with Crippen molar-refractivity contribution in [2.24, 2.45) is 5.73 Å². The number of hydrogen-bond acceptors (Lipinski definition) is 4. The zero-order chi connectivity index (χ0) is 13.5. The van der Waals surface area contributed by atoms with Crippen molar-refractivity contribution in [3.05, 3.63) is 18.2 Å². The van der Waals surface area contributed by atoms with Gasteiger partial charge in [-0.25, -0.2) is 4.98 Å². The molecule has 0 aliphatic carbocycles. The Morgan fingerprint density at radius 3 is 2.89 bits per heavy atom. The van der Waals surface area contributed by atoms with Gasteiger partial charge in [0.1, 0.15) is 12.4 Å². The summed E-state index contributed by atoms with van der Waals surface area (Å²) in [7, 11) is 0. The van der Waals surface area contributed by atoms with Crippen LogP contribution in [-0.4, -0.2) is 28.2 Å². The molecule has 2 unspecified atom stereocenters. The number of imidazole rings is 1. The molecule has 1 aromatic heterocycles. The Bertz CT molecular complexity index is 376. The molecule has 1 heterocycles. The highest BCUT2D eigenvalue weighted by Crippen LogP contribution is 2.19. The van der Waals surface area contributed by atoms with E-state index in [4.69, 9.17) is 10.5 Å². The van der Waals surface area contributed by atoms with E-state index in [2.05, 4.69) is 18.8 Å². The van der Waals surface area contributed by atoms with E-state index < -0.39 is 0 Å². The highest BCUT2D eigenvalue weighted by molar-refractivity contribution is 5.69. The van der Waals surface area contributed by atoms with Gasteiger partial charge in [-0.2, -0.15) is 0 Å². The first kappa shape index (κ1) is 14.7. The number of hydrogen-bond donors (Lipinski definition) is 1. The third kappa shape index (κ3) is 4.14. The summed E-state index contributed by atoms with van der Waals surface area (Å²) in [6, 6.07) is 0.174. The standard InChI is InChI=1S/C13H23N3O2/c1-4-11(14)8-10(3)13-15-6-7-16(13)9-12(17)18-5-2/h6-7,10-11H,4-5,8-9,14H2,1-3H3. The average molecular weight is 253 g/mol. The Labute approximate surface area is 108 Å². The molecule has 2 atom stereocenters. The van der Waals surface area contributed by atoms with Gasteiger partial charge in [0, 0.05) is 24.4 Å². The number of carbonyl (C=O) groups is 1. The van der Waals surface area contributed by atoms with E-state index >= 15 is 0 Å². The molecular formula is C13H23N3O2. The minimum absolute atomic E-state index is 0.174. The highest BCUT2D eigenvalue weighted by Gasteiger charge is 2.16. The van der Waals surface area contributed by atoms with Crippen LogP contribution in [0.5, 0.6) is 0 Å². The smallest absolute Gasteiger partial charge is 0.325 e. The van der Waals surface area contributed by atoms with Crippen LogP contribution < -0.4 is 5.73 Å². The fourth-order valence-electron chi connectivity index (χ4n) is 1.96. The molecule has 1 rings (SSSR count). The molecule has 0 saturated carbocycles. The second kappa shape index (κ2) is 7.16. The predicted octanol–water partition coefficient (Wildman–Crippen LogP) is 1.68. The molecular weight excluding hydrogens is 230 g/mol. The maximum atomic E-state index is 11.5. The number of rotatable bonds is 7. The predicted molar refractivity (Wildman–Crippen MR) is 70.2 cm³/mol. The van der Waals surface area contributed by atoms with Crippen molar-refractivity contribution in [2.75, 3.05) is 6.61 Å². The monoisotopic (exact) mass is 253 g/mol. The zero-order valence-corrected chi connectivity index (χ0v) is 11.4. The topological polar surface area (TPSA) is 70.1 Å². The second-order valence-electron chi connectivity index (χ2n) is 4.52. The van der Waals surface area contributed by atoms with Gasteiger partial charge in [-0.05, 0) is 19.8 Å². The van der Waals surface area contributed by atoms with E-state index in [1.165, 1.54) is 0 Å². The van der Waals surface area contributed by atoms with Crippen molar-refractivity contribution in [1.82, 2.24) is 9.55 Å². The summed E-state index contributed by atoms with van der Waals surface area (Å²) in [5.74, 6) is 0.903. The quantitative estimate of drug-likeness (QED) is 0.750. The van der Waals surface area contributed by atoms with Gasteiger partial charge >= 0.3 is 5.97 Å². The summed E-state index contributed by atoms with van der Waals surface area (Å²) in [6.45, 7) is 6.58. The van der Waals surface area contributed by atoms with Crippen LogP contribution in [0, 0.1) is 0 Å². The lowest BCUT2D eigenvalue weighted by atomic mass is 10.00. The molecule has 0 saturated heterocycles. The fraction of sp³-hybridized carbons (Fsp3) is 0.692. The Kier molecular flexibility index (Phi) is 5.85. The van der Waals surface area contributed by atoms with Gasteiger partial charge in [0.25, 0.3) is 0 Å². The lowest BCUT2D eigenvalue weighted by molar-refractivity contribution is -0.143. The SMILES string of the molecule is CCOC(=O)Cn1ccnc1C(C)CC(N)CC. The molecule has 0 bridgehead atoms. The summed E-state index contributed by atoms with van der Waals surface area (Å²) in [4.78, 5) is 15.8. The molecule has 102 valence electrons. The van der Waals surface area contributed by atoms with Crippen molar-refractivity contribution >= 4 is 5.97 Å². The highest BCUT2D eigenvalue weighted by atomic mass is 16.5. The number of carbonyl (C=O) groups excluding carboxylic acids is 1. The van der Waals surface area contributed by atoms with Crippen molar-refractivity contribution in [3.8, 4) is 0 Å². The zero-order valence-electron chi connectivity index (χ0n) is 11.4. The molecule has 0 aliphatic rings. The van der Waals surface area contributed by atoms with Crippen molar-refractivity contribution in [3.63, 3.8) is 0 Å². The summed E-state index contributed by atoms with van der Waals surface area (Å²) in [5.41, 5.74) is 5.95. The fourth-order valence-corrected chi connectivity index (χ4v) is 1.96. The summed E-state index contributed by atoms with van der Waals surface area (Å²) in [6.07, 6.45) is 5.34. The maximum absolute atomic E-state index is 11.5. The van der Waals surface area contributed by atoms with Crippen LogP contribution in [-0.2, 0) is 16.1 Å². The van der Waals surface area contributed by atoms with Crippen LogP contribution in [0.25, 0.3) is 0 Å². The molecule has 0 aromatic carbocycles. The lowest BCUT2D eigenvalue weighted by Gasteiger charge is -2.17. The van der Waals surface area contributed by atoms with E-state index in [0.717, 1.165) is 18.7 Å². The number of esters is 1. The van der Waals surface area contributed by atoms with Crippen LogP contribution in [0.15, 0.2) is 12.4 Å². The van der Waals surface area contributed by atoms with E-state index in [-0.39, 0.29) is 24.5 Å². The van der Waals surface area contributed by atoms with Gasteiger partial charge in [0.2, 0.25) is 0 Å². The van der Waals surface area contributed by atoms with E-state index in [0.29, 0.717) is 6.61 Å². The first-order valence-electron chi connectivity index (χ1n) is 6.50. The molecule has 0 amide bonds. The first-order chi connectivity index (χ1) is 8.58. The van der Waals surface area contributed by atoms with E-state index in [1.807, 2.05) is 4.57 Å². The van der Waals surface area contributed by atoms with Crippen LogP contribution in [0.1, 0.15) is 45.4 Å². The summed E-state index contributed by atoms with van der Waals surface area (Å²) in [5, 5.41) is 0. The summed E-state index contributed by atoms with van der Waals surface area (Å²) >= 11 is 0. The van der Waals surface area contributed by atoms with Crippen LogP contribution in [0.2, 0.25) is 0 Å². The third-order valence-corrected chi connectivity index (χ3v) is 2.97. The number of aromatic nitrogens is 2. The van der Waals surface area contributed by atoms with Gasteiger partial charge < -0.3 is 15.0 Å². The molecule has 2 N–H and O–H groups in total. The van der Waals surface area contributed by atoms with Crippen LogP contribution in [0.3, 0.4) is 0 Å². The summed E-state index contributed by atoms with van der Waals surface area (Å²) < 4.78 is 6.78. The Hall–Kier alpha value is -1.36.